The van der Waals surface area contributed by atoms with Crippen LogP contribution in [-0.4, -0.2) is 43.1 Å². The number of hydrogen-bond donors (Lipinski definition) is 3. The summed E-state index contributed by atoms with van der Waals surface area (Å²) in [6.45, 7) is 0.0482. The summed E-state index contributed by atoms with van der Waals surface area (Å²) in [4.78, 5) is 22.7. The molecule has 0 atom stereocenters. The topological polar surface area (TPSA) is 87.7 Å². The van der Waals surface area contributed by atoms with Crippen molar-refractivity contribution in [3.63, 3.8) is 0 Å². The number of aliphatic carboxylic acids is 1. The van der Waals surface area contributed by atoms with E-state index in [9.17, 15) is 9.59 Å². The Morgan fingerprint density at radius 2 is 2.00 bits per heavy atom. The number of carboxylic acids is 1. The predicted molar refractivity (Wildman–Crippen MR) is 73.7 cm³/mol. The van der Waals surface area contributed by atoms with Gasteiger partial charge in [0.05, 0.1) is 6.61 Å². The fraction of sp³-hybridized carbons (Fsp3) is 0.333. The van der Waals surface area contributed by atoms with Crippen LogP contribution in [0.3, 0.4) is 0 Å². The van der Waals surface area contributed by atoms with Gasteiger partial charge >= 0.3 is 12.0 Å². The SMILES string of the molecule is CSc1ccc(NC(=O)NCCOCC(=O)O)cc1. The molecule has 7 heteroatoms. The van der Waals surface area contributed by atoms with E-state index in [1.165, 1.54) is 0 Å². The van der Waals surface area contributed by atoms with Gasteiger partial charge in [0.2, 0.25) is 0 Å². The number of amides is 2. The molecule has 1 aromatic rings. The lowest BCUT2D eigenvalue weighted by molar-refractivity contribution is -0.142. The largest absolute Gasteiger partial charge is 0.480 e. The van der Waals surface area contributed by atoms with Gasteiger partial charge in [-0.25, -0.2) is 9.59 Å². The van der Waals surface area contributed by atoms with E-state index >= 15 is 0 Å². The number of carbonyl (C=O) groups is 2. The number of urea groups is 1. The lowest BCUT2D eigenvalue weighted by atomic mass is 10.3. The Morgan fingerprint density at radius 1 is 1.32 bits per heavy atom. The van der Waals surface area contributed by atoms with E-state index in [-0.39, 0.29) is 25.8 Å². The molecule has 0 aliphatic carbocycles. The van der Waals surface area contributed by atoms with Gasteiger partial charge in [-0.2, -0.15) is 0 Å². The van der Waals surface area contributed by atoms with Crippen molar-refractivity contribution in [2.75, 3.05) is 31.3 Å². The number of hydrogen-bond acceptors (Lipinski definition) is 4. The van der Waals surface area contributed by atoms with Crippen LogP contribution in [0.1, 0.15) is 0 Å². The van der Waals surface area contributed by atoms with Crippen LogP contribution in [0, 0.1) is 0 Å². The van der Waals surface area contributed by atoms with Crippen LogP contribution in [0.4, 0.5) is 10.5 Å². The second-order valence-corrected chi connectivity index (χ2v) is 4.44. The number of thioether (sulfide) groups is 1. The maximum atomic E-state index is 11.5. The van der Waals surface area contributed by atoms with Crippen molar-refractivity contribution >= 4 is 29.4 Å². The Kier molecular flexibility index (Phi) is 6.76. The number of carbonyl (C=O) groups excluding carboxylic acids is 1. The molecule has 0 unspecified atom stereocenters. The zero-order valence-corrected chi connectivity index (χ0v) is 11.3. The zero-order chi connectivity index (χ0) is 14.1. The normalized spacial score (nSPS) is 9.95. The molecule has 6 nitrogen and oxygen atoms in total. The third kappa shape index (κ3) is 6.68. The van der Waals surface area contributed by atoms with Crippen LogP contribution < -0.4 is 10.6 Å². The Balaban J connectivity index is 2.21. The molecule has 0 heterocycles. The Bertz CT molecular complexity index is 422. The molecule has 19 heavy (non-hydrogen) atoms. The van der Waals surface area contributed by atoms with Crippen molar-refractivity contribution in [1.82, 2.24) is 5.32 Å². The number of rotatable bonds is 7. The molecule has 0 fully saturated rings. The maximum Gasteiger partial charge on any atom is 0.329 e. The third-order valence-corrected chi connectivity index (χ3v) is 2.85. The standard InChI is InChI=1S/C12H16N2O4S/c1-19-10-4-2-9(3-5-10)14-12(17)13-6-7-18-8-11(15)16/h2-5H,6-8H2,1H3,(H,15,16)(H2,13,14,17). The summed E-state index contributed by atoms with van der Waals surface area (Å²) in [5.41, 5.74) is 0.696. The molecule has 0 bridgehead atoms. The van der Waals surface area contributed by atoms with Crippen LogP contribution in [0.25, 0.3) is 0 Å². The average molecular weight is 284 g/mol. The first-order chi connectivity index (χ1) is 9.11. The van der Waals surface area contributed by atoms with E-state index in [2.05, 4.69) is 10.6 Å². The van der Waals surface area contributed by atoms with Crippen molar-refractivity contribution in [1.29, 1.82) is 0 Å². The summed E-state index contributed by atoms with van der Waals surface area (Å²) < 4.78 is 4.78. The van der Waals surface area contributed by atoms with E-state index < -0.39 is 5.97 Å². The first-order valence-corrected chi connectivity index (χ1v) is 6.82. The molecule has 0 aliphatic rings. The van der Waals surface area contributed by atoms with Crippen LogP contribution in [0.15, 0.2) is 29.2 Å². The van der Waals surface area contributed by atoms with E-state index in [4.69, 9.17) is 9.84 Å². The third-order valence-electron chi connectivity index (χ3n) is 2.11. The van der Waals surface area contributed by atoms with Gasteiger partial charge in [-0.3, -0.25) is 0 Å². The molecule has 0 saturated heterocycles. The molecular weight excluding hydrogens is 268 g/mol. The summed E-state index contributed by atoms with van der Waals surface area (Å²) >= 11 is 1.63. The maximum absolute atomic E-state index is 11.5. The van der Waals surface area contributed by atoms with Crippen molar-refractivity contribution < 1.29 is 19.4 Å². The fourth-order valence-electron chi connectivity index (χ4n) is 1.25. The van der Waals surface area contributed by atoms with Gasteiger partial charge in [0, 0.05) is 17.1 Å². The minimum Gasteiger partial charge on any atom is -0.480 e. The van der Waals surface area contributed by atoms with Crippen molar-refractivity contribution in [3.05, 3.63) is 24.3 Å². The van der Waals surface area contributed by atoms with Gasteiger partial charge in [0.15, 0.2) is 0 Å². The molecular formula is C12H16N2O4S. The molecule has 0 spiro atoms. The van der Waals surface area contributed by atoms with Gasteiger partial charge in [-0.15, -0.1) is 11.8 Å². The number of ether oxygens (including phenoxy) is 1. The molecule has 1 aromatic carbocycles. The van der Waals surface area contributed by atoms with Crippen LogP contribution in [0.2, 0.25) is 0 Å². The van der Waals surface area contributed by atoms with Gasteiger partial charge in [-0.05, 0) is 30.5 Å². The van der Waals surface area contributed by atoms with Crippen LogP contribution >= 0.6 is 11.8 Å². The minimum absolute atomic E-state index is 0.158. The molecule has 1 rings (SSSR count). The highest BCUT2D eigenvalue weighted by Gasteiger charge is 2.01. The highest BCUT2D eigenvalue weighted by Crippen LogP contribution is 2.17. The number of benzene rings is 1. The highest BCUT2D eigenvalue weighted by atomic mass is 32.2. The molecule has 2 amide bonds. The van der Waals surface area contributed by atoms with Gasteiger partial charge in [0.1, 0.15) is 6.61 Å². The van der Waals surface area contributed by atoms with E-state index in [1.807, 2.05) is 30.5 Å². The quantitative estimate of drug-likeness (QED) is 0.523. The lowest BCUT2D eigenvalue weighted by Crippen LogP contribution is -2.31. The molecule has 0 aromatic heterocycles. The summed E-state index contributed by atoms with van der Waals surface area (Å²) in [5, 5.41) is 13.6. The highest BCUT2D eigenvalue weighted by molar-refractivity contribution is 7.98. The molecule has 104 valence electrons. The smallest absolute Gasteiger partial charge is 0.329 e. The Labute approximate surface area is 115 Å². The summed E-state index contributed by atoms with van der Waals surface area (Å²) in [5.74, 6) is -1.03. The molecule has 0 aliphatic heterocycles. The first-order valence-electron chi connectivity index (χ1n) is 5.60. The van der Waals surface area contributed by atoms with Crippen LogP contribution in [-0.2, 0) is 9.53 Å². The number of carboxylic acid groups (broad SMARTS) is 1. The summed E-state index contributed by atoms with van der Waals surface area (Å²) in [6.07, 6.45) is 1.98. The van der Waals surface area contributed by atoms with E-state index in [0.717, 1.165) is 4.90 Å². The Morgan fingerprint density at radius 3 is 2.58 bits per heavy atom. The van der Waals surface area contributed by atoms with Crippen LogP contribution in [0.5, 0.6) is 0 Å². The number of nitrogens with one attached hydrogen (secondary N) is 2. The number of anilines is 1. The summed E-state index contributed by atoms with van der Waals surface area (Å²) in [6, 6.07) is 7.10. The lowest BCUT2D eigenvalue weighted by Gasteiger charge is -2.08. The second kappa shape index (κ2) is 8.39. The second-order valence-electron chi connectivity index (χ2n) is 3.56. The zero-order valence-electron chi connectivity index (χ0n) is 10.5. The van der Waals surface area contributed by atoms with Gasteiger partial charge in [-0.1, -0.05) is 0 Å². The van der Waals surface area contributed by atoms with E-state index in [0.29, 0.717) is 5.69 Å². The predicted octanol–water partition coefficient (Wildman–Crippen LogP) is 1.63. The first kappa shape index (κ1) is 15.3. The minimum atomic E-state index is -1.03. The fourth-order valence-corrected chi connectivity index (χ4v) is 1.65. The van der Waals surface area contributed by atoms with E-state index in [1.54, 1.807) is 11.8 Å². The molecule has 0 saturated carbocycles. The van der Waals surface area contributed by atoms with Gasteiger partial charge in [0.25, 0.3) is 0 Å². The van der Waals surface area contributed by atoms with Gasteiger partial charge < -0.3 is 20.5 Å². The average Bonchev–Trinajstić information content (AvgIpc) is 2.39. The van der Waals surface area contributed by atoms with Crippen molar-refractivity contribution in [2.24, 2.45) is 0 Å². The monoisotopic (exact) mass is 284 g/mol. The van der Waals surface area contributed by atoms with Crippen molar-refractivity contribution in [2.45, 2.75) is 4.90 Å². The molecule has 0 radical (unpaired) electrons. The molecule has 3 N–H and O–H groups in total. The Hall–Kier alpha value is -1.73. The van der Waals surface area contributed by atoms with Crippen molar-refractivity contribution in [3.8, 4) is 0 Å². The summed E-state index contributed by atoms with van der Waals surface area (Å²) in [7, 11) is 0.